The van der Waals surface area contributed by atoms with Gasteiger partial charge in [-0.25, -0.2) is 14.8 Å². The van der Waals surface area contributed by atoms with Gasteiger partial charge in [-0.1, -0.05) is 84.0 Å². The van der Waals surface area contributed by atoms with Crippen LogP contribution in [-0.2, 0) is 16.0 Å². The average molecular weight is 442 g/mol. The second kappa shape index (κ2) is 10.8. The molecule has 0 spiro atoms. The molecule has 0 saturated heterocycles. The molecule has 0 radical (unpaired) electrons. The monoisotopic (exact) mass is 441 g/mol. The van der Waals surface area contributed by atoms with Gasteiger partial charge in [-0.3, -0.25) is 4.79 Å². The van der Waals surface area contributed by atoms with Crippen LogP contribution in [0.15, 0.2) is 72.0 Å². The topological polar surface area (TPSA) is 81.2 Å². The first-order chi connectivity index (χ1) is 14.6. The number of aromatic nitrogens is 2. The molecule has 0 aliphatic rings. The lowest BCUT2D eigenvalue weighted by molar-refractivity contribution is -0.125. The number of carbonyl (C=O) groups is 2. The van der Waals surface area contributed by atoms with Crippen molar-refractivity contribution in [2.75, 3.05) is 12.9 Å². The number of hydrogen-bond donors (Lipinski definition) is 1. The smallest absolute Gasteiger partial charge is 0.359 e. The van der Waals surface area contributed by atoms with Crippen molar-refractivity contribution in [3.63, 3.8) is 0 Å². The zero-order valence-corrected chi connectivity index (χ0v) is 17.8. The van der Waals surface area contributed by atoms with E-state index in [1.807, 2.05) is 60.7 Å². The van der Waals surface area contributed by atoms with E-state index in [4.69, 9.17) is 16.3 Å². The summed E-state index contributed by atoms with van der Waals surface area (Å²) in [7, 11) is 0. The third kappa shape index (κ3) is 6.05. The lowest BCUT2D eigenvalue weighted by atomic mass is 9.99. The number of amides is 1. The Balaban J connectivity index is 1.65. The zero-order valence-electron chi connectivity index (χ0n) is 16.2. The van der Waals surface area contributed by atoms with Crippen LogP contribution in [0.5, 0.6) is 0 Å². The third-order valence-corrected chi connectivity index (χ3v) is 5.09. The zero-order chi connectivity index (χ0) is 21.3. The second-order valence-corrected chi connectivity index (χ2v) is 7.53. The highest BCUT2D eigenvalue weighted by Gasteiger charge is 2.19. The van der Waals surface area contributed by atoms with Crippen LogP contribution in [0, 0.1) is 0 Å². The van der Waals surface area contributed by atoms with Crippen LogP contribution in [0.25, 0.3) is 0 Å². The van der Waals surface area contributed by atoms with E-state index >= 15 is 0 Å². The van der Waals surface area contributed by atoms with Gasteiger partial charge in [-0.05, 0) is 23.8 Å². The number of ether oxygens (including phenoxy) is 1. The number of thioether (sulfide) groups is 1. The van der Waals surface area contributed by atoms with Crippen molar-refractivity contribution >= 4 is 35.2 Å². The largest absolute Gasteiger partial charge is 0.451 e. The van der Waals surface area contributed by atoms with Gasteiger partial charge in [0.15, 0.2) is 17.5 Å². The minimum atomic E-state index is -0.771. The molecule has 8 heteroatoms. The quantitative estimate of drug-likeness (QED) is 0.322. The second-order valence-electron chi connectivity index (χ2n) is 6.35. The Morgan fingerprint density at radius 3 is 2.43 bits per heavy atom. The molecule has 30 heavy (non-hydrogen) atoms. The molecule has 1 amide bonds. The maximum Gasteiger partial charge on any atom is 0.359 e. The highest BCUT2D eigenvalue weighted by molar-refractivity contribution is 7.98. The first-order valence-electron chi connectivity index (χ1n) is 9.18. The molecule has 1 aromatic heterocycles. The highest BCUT2D eigenvalue weighted by atomic mass is 35.5. The van der Waals surface area contributed by atoms with Gasteiger partial charge >= 0.3 is 5.97 Å². The minimum absolute atomic E-state index is 0.0623. The van der Waals surface area contributed by atoms with Crippen molar-refractivity contribution in [2.45, 2.75) is 17.6 Å². The molecule has 3 rings (SSSR count). The van der Waals surface area contributed by atoms with E-state index in [0.717, 1.165) is 11.1 Å². The van der Waals surface area contributed by atoms with Gasteiger partial charge in [-0.2, -0.15) is 0 Å². The van der Waals surface area contributed by atoms with Crippen LogP contribution in [0.4, 0.5) is 0 Å². The fourth-order valence-electron chi connectivity index (χ4n) is 2.82. The van der Waals surface area contributed by atoms with Gasteiger partial charge in [0.1, 0.15) is 0 Å². The van der Waals surface area contributed by atoms with Gasteiger partial charge in [-0.15, -0.1) is 0 Å². The fraction of sp³-hybridized carbons (Fsp3) is 0.182. The maximum atomic E-state index is 12.5. The predicted octanol–water partition coefficient (Wildman–Crippen LogP) is 4.11. The molecule has 3 aromatic rings. The van der Waals surface area contributed by atoms with Crippen LogP contribution in [0.3, 0.4) is 0 Å². The molecular formula is C22H20ClN3O3S. The molecule has 1 heterocycles. The highest BCUT2D eigenvalue weighted by Crippen LogP contribution is 2.19. The molecule has 1 atom stereocenters. The van der Waals surface area contributed by atoms with E-state index in [0.29, 0.717) is 11.6 Å². The van der Waals surface area contributed by atoms with E-state index in [2.05, 4.69) is 15.3 Å². The normalized spacial score (nSPS) is 11.5. The summed E-state index contributed by atoms with van der Waals surface area (Å²) in [5.41, 5.74) is 1.98. The summed E-state index contributed by atoms with van der Waals surface area (Å²) in [6, 6.07) is 19.2. The number of benzene rings is 2. The average Bonchev–Trinajstić information content (AvgIpc) is 2.78. The van der Waals surface area contributed by atoms with Crippen molar-refractivity contribution in [3.8, 4) is 0 Å². The van der Waals surface area contributed by atoms with E-state index in [-0.39, 0.29) is 16.8 Å². The Bertz CT molecular complexity index is 1000. The van der Waals surface area contributed by atoms with E-state index in [1.54, 1.807) is 6.26 Å². The predicted molar refractivity (Wildman–Crippen MR) is 117 cm³/mol. The molecule has 0 aliphatic carbocycles. The third-order valence-electron chi connectivity index (χ3n) is 4.25. The van der Waals surface area contributed by atoms with Crippen LogP contribution in [-0.4, -0.2) is 34.7 Å². The Labute approximate surface area is 184 Å². The van der Waals surface area contributed by atoms with Crippen LogP contribution in [0.2, 0.25) is 5.02 Å². The van der Waals surface area contributed by atoms with Crippen LogP contribution in [0.1, 0.15) is 27.7 Å². The lowest BCUT2D eigenvalue weighted by Crippen LogP contribution is -2.33. The summed E-state index contributed by atoms with van der Waals surface area (Å²) < 4.78 is 5.12. The number of hydrogen-bond acceptors (Lipinski definition) is 6. The van der Waals surface area contributed by atoms with E-state index in [1.165, 1.54) is 18.0 Å². The first-order valence-corrected chi connectivity index (χ1v) is 10.8. The summed E-state index contributed by atoms with van der Waals surface area (Å²) in [6.45, 7) is -0.439. The number of halogens is 1. The maximum absolute atomic E-state index is 12.5. The molecule has 0 saturated carbocycles. The molecule has 0 fully saturated rings. The van der Waals surface area contributed by atoms with E-state index < -0.39 is 18.5 Å². The molecule has 0 bridgehead atoms. The van der Waals surface area contributed by atoms with Crippen molar-refractivity contribution in [2.24, 2.45) is 0 Å². The first kappa shape index (κ1) is 21.8. The Kier molecular flexibility index (Phi) is 7.82. The van der Waals surface area contributed by atoms with Gasteiger partial charge in [0.05, 0.1) is 17.3 Å². The lowest BCUT2D eigenvalue weighted by Gasteiger charge is -2.19. The molecule has 154 valence electrons. The van der Waals surface area contributed by atoms with Gasteiger partial charge in [0.25, 0.3) is 5.91 Å². The summed E-state index contributed by atoms with van der Waals surface area (Å²) in [6.07, 6.45) is 3.73. The molecule has 2 aromatic carbocycles. The number of nitrogens with one attached hydrogen (secondary N) is 1. The summed E-state index contributed by atoms with van der Waals surface area (Å²) in [5.74, 6) is -1.18. The van der Waals surface area contributed by atoms with Gasteiger partial charge in [0, 0.05) is 0 Å². The number of carbonyl (C=O) groups excluding carboxylic acids is 2. The molecular weight excluding hydrogens is 422 g/mol. The Morgan fingerprint density at radius 2 is 1.77 bits per heavy atom. The standard InChI is InChI=1S/C22H20ClN3O3S/c1-30-22-24-13-17(23)20(26-22)21(28)29-14-19(27)25-18(16-10-6-3-7-11-16)12-15-8-4-2-5-9-15/h2-11,13,18H,12,14H2,1H3,(H,25,27). The van der Waals surface area contributed by atoms with Gasteiger partial charge < -0.3 is 10.1 Å². The van der Waals surface area contributed by atoms with Crippen molar-refractivity contribution < 1.29 is 14.3 Å². The van der Waals surface area contributed by atoms with Crippen LogP contribution < -0.4 is 5.32 Å². The molecule has 0 aliphatic heterocycles. The minimum Gasteiger partial charge on any atom is -0.451 e. The number of rotatable bonds is 8. The molecule has 1 N–H and O–H groups in total. The van der Waals surface area contributed by atoms with E-state index in [9.17, 15) is 9.59 Å². The van der Waals surface area contributed by atoms with Crippen molar-refractivity contribution in [1.82, 2.24) is 15.3 Å². The molecule has 1 unspecified atom stereocenters. The molecule has 6 nitrogen and oxygen atoms in total. The van der Waals surface area contributed by atoms with Crippen molar-refractivity contribution in [1.29, 1.82) is 0 Å². The summed E-state index contributed by atoms with van der Waals surface area (Å²) >= 11 is 7.25. The number of esters is 1. The Morgan fingerprint density at radius 1 is 1.10 bits per heavy atom. The SMILES string of the molecule is CSc1ncc(Cl)c(C(=O)OCC(=O)NC(Cc2ccccc2)c2ccccc2)n1. The fourth-order valence-corrected chi connectivity index (χ4v) is 3.32. The summed E-state index contributed by atoms with van der Waals surface area (Å²) in [4.78, 5) is 32.8. The number of nitrogens with zero attached hydrogens (tertiary/aromatic N) is 2. The van der Waals surface area contributed by atoms with Crippen LogP contribution >= 0.6 is 23.4 Å². The van der Waals surface area contributed by atoms with Crippen molar-refractivity contribution in [3.05, 3.63) is 88.7 Å². The van der Waals surface area contributed by atoms with Gasteiger partial charge in [0.2, 0.25) is 0 Å². The Hall–Kier alpha value is -2.90. The summed E-state index contributed by atoms with van der Waals surface area (Å²) in [5, 5.41) is 3.40.